The number of aliphatic carboxylic acids is 1. The maximum atomic E-state index is 12.5. The third kappa shape index (κ3) is 3.22. The largest absolute Gasteiger partial charge is 0.481 e. The minimum atomic E-state index is -0.884. The summed E-state index contributed by atoms with van der Waals surface area (Å²) in [5, 5.41) is 12.2. The second-order valence-electron chi connectivity index (χ2n) is 6.42. The number of carbonyl (C=O) groups excluding carboxylic acids is 1. The van der Waals surface area contributed by atoms with Crippen LogP contribution in [0.3, 0.4) is 0 Å². The van der Waals surface area contributed by atoms with Crippen molar-refractivity contribution >= 4 is 28.6 Å². The predicted molar refractivity (Wildman–Crippen MR) is 90.7 cm³/mol. The monoisotopic (exact) mass is 327 g/mol. The van der Waals surface area contributed by atoms with E-state index < -0.39 is 17.8 Å². The first-order chi connectivity index (χ1) is 11.5. The zero-order valence-corrected chi connectivity index (χ0v) is 13.9. The van der Waals surface area contributed by atoms with Crippen LogP contribution in [0.25, 0.3) is 11.0 Å². The second-order valence-corrected chi connectivity index (χ2v) is 6.42. The van der Waals surface area contributed by atoms with Gasteiger partial charge in [-0.25, -0.2) is 9.97 Å². The molecule has 0 spiro atoms. The zero-order chi connectivity index (χ0) is 17.3. The molecule has 1 aromatic carbocycles. The van der Waals surface area contributed by atoms with E-state index in [-0.39, 0.29) is 5.91 Å². The summed E-state index contributed by atoms with van der Waals surface area (Å²) in [4.78, 5) is 32.9. The highest BCUT2D eigenvalue weighted by Gasteiger charge is 2.35. The number of hydrogen-bond acceptors (Lipinski definition) is 4. The topological polar surface area (TPSA) is 92.2 Å². The van der Waals surface area contributed by atoms with E-state index in [0.717, 1.165) is 29.7 Å². The summed E-state index contributed by atoms with van der Waals surface area (Å²) in [7, 11) is 0. The number of hydrogen-bond donors (Lipinski definition) is 2. The highest BCUT2D eigenvalue weighted by Crippen LogP contribution is 2.31. The van der Waals surface area contributed by atoms with Gasteiger partial charge in [0.25, 0.3) is 0 Å². The van der Waals surface area contributed by atoms with Crippen molar-refractivity contribution in [1.29, 1.82) is 0 Å². The van der Waals surface area contributed by atoms with Crippen LogP contribution in [0.5, 0.6) is 0 Å². The van der Waals surface area contributed by atoms with E-state index in [4.69, 9.17) is 0 Å². The normalized spacial score (nSPS) is 20.8. The summed E-state index contributed by atoms with van der Waals surface area (Å²) >= 11 is 0. The third-order valence-corrected chi connectivity index (χ3v) is 4.76. The lowest BCUT2D eigenvalue weighted by Gasteiger charge is -2.27. The van der Waals surface area contributed by atoms with Crippen molar-refractivity contribution in [2.24, 2.45) is 11.8 Å². The van der Waals surface area contributed by atoms with Gasteiger partial charge in [-0.15, -0.1) is 0 Å². The molecule has 3 rings (SSSR count). The molecule has 0 aliphatic heterocycles. The summed E-state index contributed by atoms with van der Waals surface area (Å²) < 4.78 is 0. The predicted octanol–water partition coefficient (Wildman–Crippen LogP) is 3.08. The van der Waals surface area contributed by atoms with E-state index in [1.807, 2.05) is 19.9 Å². The molecule has 0 bridgehead atoms. The highest BCUT2D eigenvalue weighted by atomic mass is 16.4. The lowest BCUT2D eigenvalue weighted by Crippen LogP contribution is -2.36. The molecule has 126 valence electrons. The first kappa shape index (κ1) is 16.4. The summed E-state index contributed by atoms with van der Waals surface area (Å²) in [5.41, 5.74) is 3.85. The SMILES string of the molecule is Cc1nc2ccc(NC(=O)[C@@H]3CCCC[C@H]3C(=O)O)cc2nc1C. The zero-order valence-electron chi connectivity index (χ0n) is 13.9. The highest BCUT2D eigenvalue weighted by molar-refractivity contribution is 5.96. The van der Waals surface area contributed by atoms with Gasteiger partial charge in [-0.05, 0) is 44.9 Å². The standard InChI is InChI=1S/C18H21N3O3/c1-10-11(2)20-16-9-12(7-8-15(16)19-10)21-17(22)13-5-3-4-6-14(13)18(23)24/h7-9,13-14H,3-6H2,1-2H3,(H,21,22)(H,23,24)/t13-,14-/m1/s1. The van der Waals surface area contributed by atoms with Crippen LogP contribution < -0.4 is 5.32 Å². The molecule has 1 heterocycles. The number of carbonyl (C=O) groups is 2. The molecule has 6 nitrogen and oxygen atoms in total. The van der Waals surface area contributed by atoms with Gasteiger partial charge in [0.05, 0.1) is 34.3 Å². The van der Waals surface area contributed by atoms with Crippen LogP contribution in [0.2, 0.25) is 0 Å². The molecule has 1 aliphatic rings. The molecule has 1 aliphatic carbocycles. The van der Waals surface area contributed by atoms with Gasteiger partial charge >= 0.3 is 5.97 Å². The number of benzene rings is 1. The van der Waals surface area contributed by atoms with E-state index in [9.17, 15) is 14.7 Å². The Bertz CT molecular complexity index is 803. The fraction of sp³-hybridized carbons (Fsp3) is 0.444. The van der Waals surface area contributed by atoms with Gasteiger partial charge in [0.1, 0.15) is 0 Å². The van der Waals surface area contributed by atoms with Crippen LogP contribution in [0, 0.1) is 25.7 Å². The van der Waals surface area contributed by atoms with Crippen LogP contribution in [-0.4, -0.2) is 27.0 Å². The van der Waals surface area contributed by atoms with Crippen molar-refractivity contribution in [3.8, 4) is 0 Å². The van der Waals surface area contributed by atoms with Gasteiger partial charge in [0.15, 0.2) is 0 Å². The second kappa shape index (κ2) is 6.55. The van der Waals surface area contributed by atoms with Crippen LogP contribution in [0.1, 0.15) is 37.1 Å². The molecular formula is C18H21N3O3. The smallest absolute Gasteiger partial charge is 0.307 e. The summed E-state index contributed by atoms with van der Waals surface area (Å²) in [6, 6.07) is 5.38. The van der Waals surface area contributed by atoms with Gasteiger partial charge in [-0.2, -0.15) is 0 Å². The fourth-order valence-corrected chi connectivity index (χ4v) is 3.28. The van der Waals surface area contributed by atoms with Gasteiger partial charge in [0.2, 0.25) is 5.91 Å². The lowest BCUT2D eigenvalue weighted by molar-refractivity contribution is -0.147. The number of carboxylic acids is 1. The van der Waals surface area contributed by atoms with Crippen molar-refractivity contribution in [2.75, 3.05) is 5.32 Å². The number of anilines is 1. The van der Waals surface area contributed by atoms with Crippen molar-refractivity contribution < 1.29 is 14.7 Å². The number of aryl methyl sites for hydroxylation is 2. The average Bonchev–Trinajstić information content (AvgIpc) is 2.56. The molecule has 24 heavy (non-hydrogen) atoms. The summed E-state index contributed by atoms with van der Waals surface area (Å²) in [6.07, 6.45) is 2.94. The minimum absolute atomic E-state index is 0.224. The van der Waals surface area contributed by atoms with Crippen LogP contribution in [-0.2, 0) is 9.59 Å². The fourth-order valence-electron chi connectivity index (χ4n) is 3.28. The van der Waals surface area contributed by atoms with Gasteiger partial charge in [-0.1, -0.05) is 12.8 Å². The molecule has 1 saturated carbocycles. The Kier molecular flexibility index (Phi) is 4.46. The Morgan fingerprint density at radius 2 is 1.67 bits per heavy atom. The molecule has 2 N–H and O–H groups in total. The van der Waals surface area contributed by atoms with Crippen LogP contribution in [0.4, 0.5) is 5.69 Å². The summed E-state index contributed by atoms with van der Waals surface area (Å²) in [6.45, 7) is 3.80. The molecule has 2 aromatic rings. The van der Waals surface area contributed by atoms with Crippen molar-refractivity contribution in [3.05, 3.63) is 29.6 Å². The lowest BCUT2D eigenvalue weighted by atomic mass is 9.78. The van der Waals surface area contributed by atoms with Gasteiger partial charge in [0, 0.05) is 5.69 Å². The number of nitrogens with one attached hydrogen (secondary N) is 1. The molecular weight excluding hydrogens is 306 g/mol. The molecule has 1 fully saturated rings. The van der Waals surface area contributed by atoms with E-state index in [1.54, 1.807) is 12.1 Å². The van der Waals surface area contributed by atoms with Crippen molar-refractivity contribution in [1.82, 2.24) is 9.97 Å². The first-order valence-corrected chi connectivity index (χ1v) is 8.24. The molecule has 0 unspecified atom stereocenters. The Labute approximate surface area is 140 Å². The Balaban J connectivity index is 1.82. The number of aromatic nitrogens is 2. The quantitative estimate of drug-likeness (QED) is 0.904. The van der Waals surface area contributed by atoms with E-state index >= 15 is 0 Å². The Morgan fingerprint density at radius 3 is 2.33 bits per heavy atom. The molecule has 1 amide bonds. The number of amides is 1. The van der Waals surface area contributed by atoms with Gasteiger partial charge in [-0.3, -0.25) is 9.59 Å². The van der Waals surface area contributed by atoms with E-state index in [1.165, 1.54) is 0 Å². The molecule has 1 aromatic heterocycles. The van der Waals surface area contributed by atoms with E-state index in [0.29, 0.717) is 24.0 Å². The van der Waals surface area contributed by atoms with Crippen LogP contribution >= 0.6 is 0 Å². The molecule has 2 atom stereocenters. The van der Waals surface area contributed by atoms with Crippen molar-refractivity contribution in [3.63, 3.8) is 0 Å². The van der Waals surface area contributed by atoms with Crippen LogP contribution in [0.15, 0.2) is 18.2 Å². The average molecular weight is 327 g/mol. The Hall–Kier alpha value is -2.50. The van der Waals surface area contributed by atoms with E-state index in [2.05, 4.69) is 15.3 Å². The Morgan fingerprint density at radius 1 is 1.04 bits per heavy atom. The van der Waals surface area contributed by atoms with Gasteiger partial charge < -0.3 is 10.4 Å². The molecule has 0 saturated heterocycles. The first-order valence-electron chi connectivity index (χ1n) is 8.24. The number of fused-ring (bicyclic) bond motifs is 1. The number of nitrogens with zero attached hydrogens (tertiary/aromatic N) is 2. The minimum Gasteiger partial charge on any atom is -0.481 e. The third-order valence-electron chi connectivity index (χ3n) is 4.76. The van der Waals surface area contributed by atoms with Crippen molar-refractivity contribution in [2.45, 2.75) is 39.5 Å². The molecule has 0 radical (unpaired) electrons. The molecule has 6 heteroatoms. The number of carboxylic acid groups (broad SMARTS) is 1. The maximum absolute atomic E-state index is 12.5. The summed E-state index contributed by atoms with van der Waals surface area (Å²) in [5.74, 6) is -2.18. The maximum Gasteiger partial charge on any atom is 0.307 e. The number of rotatable bonds is 3.